The van der Waals surface area contributed by atoms with Gasteiger partial charge in [-0.1, -0.05) is 41.6 Å². The fourth-order valence-electron chi connectivity index (χ4n) is 3.82. The lowest BCUT2D eigenvalue weighted by molar-refractivity contribution is 0.0757. The highest BCUT2D eigenvalue weighted by Crippen LogP contribution is 2.19. The Morgan fingerprint density at radius 2 is 1.83 bits per heavy atom. The first-order valence-corrected chi connectivity index (χ1v) is 10.1. The van der Waals surface area contributed by atoms with E-state index in [0.29, 0.717) is 37.0 Å². The molecule has 1 aliphatic heterocycles. The maximum atomic E-state index is 13.0. The molecule has 0 bridgehead atoms. The molecule has 2 aromatic carbocycles. The molecule has 0 spiro atoms. The van der Waals surface area contributed by atoms with Gasteiger partial charge in [-0.3, -0.25) is 14.8 Å². The number of hydrogen-bond donors (Lipinski definition) is 1. The summed E-state index contributed by atoms with van der Waals surface area (Å²) >= 11 is 0. The summed E-state index contributed by atoms with van der Waals surface area (Å²) in [5.74, 6) is 1.16. The van der Waals surface area contributed by atoms with Gasteiger partial charge >= 0.3 is 0 Å². The molecule has 4 aromatic rings. The molecule has 1 fully saturated rings. The Labute approximate surface area is 173 Å². The lowest BCUT2D eigenvalue weighted by atomic mass is 10.2. The number of carbonyl (C=O) groups is 1. The molecule has 30 heavy (non-hydrogen) atoms. The van der Waals surface area contributed by atoms with Crippen molar-refractivity contribution < 1.29 is 9.32 Å². The van der Waals surface area contributed by atoms with E-state index in [1.807, 2.05) is 59.5 Å². The highest BCUT2D eigenvalue weighted by atomic mass is 16.5. The summed E-state index contributed by atoms with van der Waals surface area (Å²) < 4.78 is 5.41. The van der Waals surface area contributed by atoms with E-state index in [9.17, 15) is 4.79 Å². The maximum Gasteiger partial charge on any atom is 0.275 e. The average Bonchev–Trinajstić information content (AvgIpc) is 3.36. The van der Waals surface area contributed by atoms with E-state index < -0.39 is 0 Å². The summed E-state index contributed by atoms with van der Waals surface area (Å²) in [4.78, 5) is 21.7. The summed E-state index contributed by atoms with van der Waals surface area (Å²) in [6.07, 6.45) is 0.886. The van der Waals surface area contributed by atoms with Crippen LogP contribution in [0.1, 0.15) is 22.7 Å². The zero-order valence-electron chi connectivity index (χ0n) is 16.5. The molecule has 5 rings (SSSR count). The highest BCUT2D eigenvalue weighted by molar-refractivity contribution is 6.04. The van der Waals surface area contributed by atoms with Crippen LogP contribution in [0.2, 0.25) is 0 Å². The summed E-state index contributed by atoms with van der Waals surface area (Å²) in [6.45, 7) is 3.58. The predicted molar refractivity (Wildman–Crippen MR) is 112 cm³/mol. The molecular weight excluding hydrogens is 380 g/mol. The second-order valence-electron chi connectivity index (χ2n) is 7.42. The quantitative estimate of drug-likeness (QED) is 0.564. The van der Waals surface area contributed by atoms with Crippen molar-refractivity contribution in [2.45, 2.75) is 13.0 Å². The standard InChI is InChI=1S/C22H22N6O2/c29-22(20-17-9-4-5-10-18(17)24-25-20)28-12-6-11-27(13-14-28)15-19-23-21(30-26-19)16-7-2-1-3-8-16/h1-5,7-10H,6,11-15H2,(H,24,25). The number of carbonyl (C=O) groups excluding carboxylic acids is 1. The van der Waals surface area contributed by atoms with Crippen molar-refractivity contribution in [1.29, 1.82) is 0 Å². The van der Waals surface area contributed by atoms with Gasteiger partial charge in [0, 0.05) is 37.1 Å². The fourth-order valence-corrected chi connectivity index (χ4v) is 3.82. The molecule has 8 nitrogen and oxygen atoms in total. The number of fused-ring (bicyclic) bond motifs is 1. The first-order chi connectivity index (χ1) is 14.8. The molecule has 1 saturated heterocycles. The Hall–Kier alpha value is -3.52. The van der Waals surface area contributed by atoms with E-state index >= 15 is 0 Å². The maximum absolute atomic E-state index is 13.0. The Morgan fingerprint density at radius 3 is 2.73 bits per heavy atom. The van der Waals surface area contributed by atoms with Crippen LogP contribution in [0.5, 0.6) is 0 Å². The van der Waals surface area contributed by atoms with Crippen molar-refractivity contribution in [3.63, 3.8) is 0 Å². The molecule has 1 amide bonds. The molecule has 1 aliphatic rings. The number of aromatic nitrogens is 4. The Morgan fingerprint density at radius 1 is 1.00 bits per heavy atom. The van der Waals surface area contributed by atoms with Gasteiger partial charge in [0.25, 0.3) is 11.8 Å². The highest BCUT2D eigenvalue weighted by Gasteiger charge is 2.24. The second-order valence-corrected chi connectivity index (χ2v) is 7.42. The zero-order valence-corrected chi connectivity index (χ0v) is 16.5. The van der Waals surface area contributed by atoms with Crippen LogP contribution < -0.4 is 0 Å². The van der Waals surface area contributed by atoms with E-state index in [1.165, 1.54) is 0 Å². The minimum Gasteiger partial charge on any atom is -0.336 e. The van der Waals surface area contributed by atoms with Crippen LogP contribution >= 0.6 is 0 Å². The number of amides is 1. The lowest BCUT2D eigenvalue weighted by Gasteiger charge is -2.20. The van der Waals surface area contributed by atoms with Gasteiger partial charge in [0.05, 0.1) is 12.1 Å². The average molecular weight is 402 g/mol. The number of nitrogens with zero attached hydrogens (tertiary/aromatic N) is 5. The van der Waals surface area contributed by atoms with Crippen molar-refractivity contribution in [2.75, 3.05) is 26.2 Å². The number of rotatable bonds is 4. The van der Waals surface area contributed by atoms with Gasteiger partial charge in [-0.25, -0.2) is 0 Å². The van der Waals surface area contributed by atoms with E-state index in [-0.39, 0.29) is 5.91 Å². The summed E-state index contributed by atoms with van der Waals surface area (Å²) in [7, 11) is 0. The Balaban J connectivity index is 1.24. The molecule has 3 heterocycles. The van der Waals surface area contributed by atoms with Crippen LogP contribution in [0, 0.1) is 0 Å². The van der Waals surface area contributed by atoms with Crippen LogP contribution in [-0.2, 0) is 6.54 Å². The van der Waals surface area contributed by atoms with Gasteiger partial charge in [-0.05, 0) is 24.6 Å². The molecule has 0 atom stereocenters. The molecule has 0 radical (unpaired) electrons. The van der Waals surface area contributed by atoms with Gasteiger partial charge in [-0.15, -0.1) is 0 Å². The van der Waals surface area contributed by atoms with Crippen molar-refractivity contribution in [3.8, 4) is 11.5 Å². The van der Waals surface area contributed by atoms with E-state index in [1.54, 1.807) is 0 Å². The minimum atomic E-state index is -0.0276. The monoisotopic (exact) mass is 402 g/mol. The first kappa shape index (κ1) is 18.5. The number of para-hydroxylation sites is 1. The van der Waals surface area contributed by atoms with E-state index in [0.717, 1.165) is 36.0 Å². The van der Waals surface area contributed by atoms with Gasteiger partial charge in [0.15, 0.2) is 11.5 Å². The fraction of sp³-hybridized carbons (Fsp3) is 0.273. The molecule has 0 aliphatic carbocycles. The number of hydrogen-bond acceptors (Lipinski definition) is 6. The van der Waals surface area contributed by atoms with Crippen LogP contribution in [0.3, 0.4) is 0 Å². The number of H-pyrrole nitrogens is 1. The van der Waals surface area contributed by atoms with Crippen molar-refractivity contribution >= 4 is 16.8 Å². The normalized spacial score (nSPS) is 15.4. The van der Waals surface area contributed by atoms with Crippen molar-refractivity contribution in [1.82, 2.24) is 30.1 Å². The minimum absolute atomic E-state index is 0.0276. The summed E-state index contributed by atoms with van der Waals surface area (Å²) in [5.41, 5.74) is 2.28. The molecule has 8 heteroatoms. The summed E-state index contributed by atoms with van der Waals surface area (Å²) in [5, 5.41) is 12.2. The predicted octanol–water partition coefficient (Wildman–Crippen LogP) is 2.96. The first-order valence-electron chi connectivity index (χ1n) is 10.1. The van der Waals surface area contributed by atoms with Crippen LogP contribution in [-0.4, -0.2) is 62.2 Å². The van der Waals surface area contributed by atoms with Crippen molar-refractivity contribution in [3.05, 3.63) is 66.1 Å². The SMILES string of the molecule is O=C(c1n[nH]c2ccccc12)N1CCCN(Cc2noc(-c3ccccc3)n2)CC1. The Kier molecular flexibility index (Phi) is 4.98. The molecule has 0 unspecified atom stereocenters. The van der Waals surface area contributed by atoms with E-state index in [2.05, 4.69) is 25.2 Å². The number of benzene rings is 2. The summed E-state index contributed by atoms with van der Waals surface area (Å²) in [6, 6.07) is 17.5. The third kappa shape index (κ3) is 3.69. The number of nitrogens with one attached hydrogen (secondary N) is 1. The molecule has 152 valence electrons. The van der Waals surface area contributed by atoms with Crippen LogP contribution in [0.25, 0.3) is 22.4 Å². The van der Waals surface area contributed by atoms with Gasteiger partial charge in [0.2, 0.25) is 0 Å². The molecule has 1 N–H and O–H groups in total. The largest absolute Gasteiger partial charge is 0.336 e. The van der Waals surface area contributed by atoms with E-state index in [4.69, 9.17) is 4.52 Å². The van der Waals surface area contributed by atoms with Crippen LogP contribution in [0.4, 0.5) is 0 Å². The molecule has 0 saturated carbocycles. The second kappa shape index (κ2) is 8.08. The number of aromatic amines is 1. The van der Waals surface area contributed by atoms with Gasteiger partial charge < -0.3 is 9.42 Å². The topological polar surface area (TPSA) is 91.2 Å². The lowest BCUT2D eigenvalue weighted by Crippen LogP contribution is -2.35. The third-order valence-corrected chi connectivity index (χ3v) is 5.40. The van der Waals surface area contributed by atoms with Crippen molar-refractivity contribution in [2.24, 2.45) is 0 Å². The molecular formula is C22H22N6O2. The third-order valence-electron chi connectivity index (χ3n) is 5.40. The molecule has 2 aromatic heterocycles. The van der Waals surface area contributed by atoms with Crippen LogP contribution in [0.15, 0.2) is 59.1 Å². The zero-order chi connectivity index (χ0) is 20.3. The smallest absolute Gasteiger partial charge is 0.275 e. The van der Waals surface area contributed by atoms with Gasteiger partial charge in [-0.2, -0.15) is 10.1 Å². The van der Waals surface area contributed by atoms with Gasteiger partial charge in [0.1, 0.15) is 0 Å². The Bertz CT molecular complexity index is 1150.